The second kappa shape index (κ2) is 5.15. The quantitative estimate of drug-likeness (QED) is 0.774. The summed E-state index contributed by atoms with van der Waals surface area (Å²) in [4.78, 5) is 15.1. The predicted molar refractivity (Wildman–Crippen MR) is 54.7 cm³/mol. The Morgan fingerprint density at radius 3 is 3.07 bits per heavy atom. The molecule has 0 saturated heterocycles. The summed E-state index contributed by atoms with van der Waals surface area (Å²) in [5, 5.41) is 11.1. The third-order valence-corrected chi connectivity index (χ3v) is 2.08. The van der Waals surface area contributed by atoms with Crippen LogP contribution in [-0.4, -0.2) is 21.5 Å². The molecule has 1 N–H and O–H groups in total. The fraction of sp³-hybridized carbons (Fsp3) is 0.500. The summed E-state index contributed by atoms with van der Waals surface area (Å²) in [6, 6.07) is 1.83. The second-order valence-electron chi connectivity index (χ2n) is 3.50. The van der Waals surface area contributed by atoms with Gasteiger partial charge in [0.2, 0.25) is 5.91 Å². The predicted octanol–water partition coefficient (Wildman–Crippen LogP) is 0.381. The molecule has 0 aliphatic rings. The molecular weight excluding hydrogens is 192 g/mol. The van der Waals surface area contributed by atoms with E-state index in [1.54, 1.807) is 12.5 Å². The monoisotopic (exact) mass is 206 g/mol. The zero-order valence-electron chi connectivity index (χ0n) is 8.90. The summed E-state index contributed by atoms with van der Waals surface area (Å²) in [6.45, 7) is 1.91. The first kappa shape index (κ1) is 11.2. The molecule has 0 bridgehead atoms. The van der Waals surface area contributed by atoms with Crippen LogP contribution in [0.2, 0.25) is 0 Å². The van der Waals surface area contributed by atoms with Gasteiger partial charge >= 0.3 is 0 Å². The van der Waals surface area contributed by atoms with Gasteiger partial charge in [-0.15, -0.1) is 0 Å². The lowest BCUT2D eigenvalue weighted by atomic mass is 10.2. The maximum atomic E-state index is 11.1. The minimum absolute atomic E-state index is 0.0150. The molecule has 1 aromatic heterocycles. The minimum Gasteiger partial charge on any atom is -0.352 e. The first-order valence-electron chi connectivity index (χ1n) is 4.75. The van der Waals surface area contributed by atoms with E-state index in [0.29, 0.717) is 6.42 Å². The zero-order valence-corrected chi connectivity index (χ0v) is 8.90. The number of aromatic nitrogens is 2. The lowest BCUT2D eigenvalue weighted by Crippen LogP contribution is -2.34. The highest BCUT2D eigenvalue weighted by Gasteiger charge is 2.09. The minimum atomic E-state index is -0.229. The average molecular weight is 206 g/mol. The van der Waals surface area contributed by atoms with E-state index in [2.05, 4.69) is 10.3 Å². The Bertz CT molecular complexity index is 377. The Morgan fingerprint density at radius 2 is 2.53 bits per heavy atom. The Labute approximate surface area is 88.7 Å². The number of hydrogen-bond donors (Lipinski definition) is 1. The fourth-order valence-corrected chi connectivity index (χ4v) is 1.34. The van der Waals surface area contributed by atoms with Crippen molar-refractivity contribution in [2.75, 3.05) is 0 Å². The van der Waals surface area contributed by atoms with E-state index in [-0.39, 0.29) is 18.4 Å². The molecular formula is C10H14N4O. The topological polar surface area (TPSA) is 70.7 Å². The molecule has 5 nitrogen and oxygen atoms in total. The molecule has 0 aromatic carbocycles. The largest absolute Gasteiger partial charge is 0.352 e. The van der Waals surface area contributed by atoms with Gasteiger partial charge in [0, 0.05) is 31.4 Å². The number of hydrogen-bond acceptors (Lipinski definition) is 3. The van der Waals surface area contributed by atoms with Crippen LogP contribution in [0.5, 0.6) is 0 Å². The van der Waals surface area contributed by atoms with Crippen molar-refractivity contribution in [2.45, 2.75) is 25.8 Å². The highest BCUT2D eigenvalue weighted by Crippen LogP contribution is 2.01. The summed E-state index contributed by atoms with van der Waals surface area (Å²) >= 11 is 0. The molecule has 0 aliphatic heterocycles. The van der Waals surface area contributed by atoms with Crippen molar-refractivity contribution in [3.8, 4) is 6.07 Å². The molecule has 1 rings (SSSR count). The average Bonchev–Trinajstić information content (AvgIpc) is 2.52. The Balaban J connectivity index is 2.43. The first-order valence-corrected chi connectivity index (χ1v) is 4.75. The number of amides is 1. The normalized spacial score (nSPS) is 11.8. The van der Waals surface area contributed by atoms with Gasteiger partial charge in [-0.05, 0) is 6.92 Å². The van der Waals surface area contributed by atoms with Crippen molar-refractivity contribution in [2.24, 2.45) is 7.05 Å². The standard InChI is InChI=1S/C10H14N4O/c1-8(13-10(15)3-4-11)5-9-6-12-7-14(9)2/h6-8H,3,5H2,1-2H3,(H,13,15). The van der Waals surface area contributed by atoms with Gasteiger partial charge in [-0.1, -0.05) is 0 Å². The van der Waals surface area contributed by atoms with Crippen molar-refractivity contribution in [3.05, 3.63) is 18.2 Å². The van der Waals surface area contributed by atoms with Crippen molar-refractivity contribution in [1.82, 2.24) is 14.9 Å². The molecule has 0 aliphatic carbocycles. The highest BCUT2D eigenvalue weighted by atomic mass is 16.1. The van der Waals surface area contributed by atoms with Gasteiger partial charge in [0.15, 0.2) is 0 Å². The van der Waals surface area contributed by atoms with Gasteiger partial charge in [-0.25, -0.2) is 4.98 Å². The SMILES string of the molecule is CC(Cc1cncn1C)NC(=O)CC#N. The molecule has 15 heavy (non-hydrogen) atoms. The van der Waals surface area contributed by atoms with E-state index in [0.717, 1.165) is 5.69 Å². The lowest BCUT2D eigenvalue weighted by Gasteiger charge is -2.12. The maximum absolute atomic E-state index is 11.1. The van der Waals surface area contributed by atoms with E-state index in [1.165, 1.54) is 0 Å². The van der Waals surface area contributed by atoms with Crippen LogP contribution >= 0.6 is 0 Å². The van der Waals surface area contributed by atoms with Gasteiger partial charge in [-0.3, -0.25) is 4.79 Å². The van der Waals surface area contributed by atoms with Gasteiger partial charge < -0.3 is 9.88 Å². The Morgan fingerprint density at radius 1 is 1.80 bits per heavy atom. The molecule has 0 fully saturated rings. The van der Waals surface area contributed by atoms with Crippen LogP contribution in [0.25, 0.3) is 0 Å². The number of aryl methyl sites for hydroxylation is 1. The highest BCUT2D eigenvalue weighted by molar-refractivity contribution is 5.78. The number of nitrogens with one attached hydrogen (secondary N) is 1. The number of carbonyl (C=O) groups is 1. The van der Waals surface area contributed by atoms with E-state index in [1.807, 2.05) is 24.6 Å². The van der Waals surface area contributed by atoms with Crippen LogP contribution in [0.3, 0.4) is 0 Å². The third kappa shape index (κ3) is 3.43. The molecule has 1 amide bonds. The molecule has 1 heterocycles. The van der Waals surface area contributed by atoms with Gasteiger partial charge in [-0.2, -0.15) is 5.26 Å². The van der Waals surface area contributed by atoms with Crippen LogP contribution in [0.15, 0.2) is 12.5 Å². The van der Waals surface area contributed by atoms with Crippen molar-refractivity contribution >= 4 is 5.91 Å². The van der Waals surface area contributed by atoms with Crippen molar-refractivity contribution < 1.29 is 4.79 Å². The van der Waals surface area contributed by atoms with Gasteiger partial charge in [0.25, 0.3) is 0 Å². The molecule has 0 saturated carbocycles. The van der Waals surface area contributed by atoms with Crippen molar-refractivity contribution in [1.29, 1.82) is 5.26 Å². The summed E-state index contributed by atoms with van der Waals surface area (Å²) in [5.74, 6) is -0.229. The number of nitrogens with zero attached hydrogens (tertiary/aromatic N) is 3. The van der Waals surface area contributed by atoms with Crippen LogP contribution < -0.4 is 5.32 Å². The number of carbonyl (C=O) groups excluding carboxylic acids is 1. The second-order valence-corrected chi connectivity index (χ2v) is 3.50. The molecule has 0 spiro atoms. The number of rotatable bonds is 4. The van der Waals surface area contributed by atoms with E-state index in [4.69, 9.17) is 5.26 Å². The summed E-state index contributed by atoms with van der Waals surface area (Å²) in [5.41, 5.74) is 1.06. The maximum Gasteiger partial charge on any atom is 0.234 e. The smallest absolute Gasteiger partial charge is 0.234 e. The summed E-state index contributed by atoms with van der Waals surface area (Å²) in [7, 11) is 1.91. The van der Waals surface area contributed by atoms with Crippen molar-refractivity contribution in [3.63, 3.8) is 0 Å². The van der Waals surface area contributed by atoms with Gasteiger partial charge in [0.1, 0.15) is 6.42 Å². The van der Waals surface area contributed by atoms with Gasteiger partial charge in [0.05, 0.1) is 12.4 Å². The number of nitriles is 1. The van der Waals surface area contributed by atoms with Crippen LogP contribution in [0, 0.1) is 11.3 Å². The fourth-order valence-electron chi connectivity index (χ4n) is 1.34. The summed E-state index contributed by atoms with van der Waals surface area (Å²) < 4.78 is 1.91. The molecule has 0 radical (unpaired) electrons. The van der Waals surface area contributed by atoms with E-state index >= 15 is 0 Å². The van der Waals surface area contributed by atoms with Crippen LogP contribution in [0.1, 0.15) is 19.0 Å². The van der Waals surface area contributed by atoms with E-state index in [9.17, 15) is 4.79 Å². The Hall–Kier alpha value is -1.83. The molecule has 1 atom stereocenters. The zero-order chi connectivity index (χ0) is 11.3. The van der Waals surface area contributed by atoms with Crippen LogP contribution in [-0.2, 0) is 18.3 Å². The Kier molecular flexibility index (Phi) is 3.86. The molecule has 80 valence electrons. The number of imidazole rings is 1. The first-order chi connectivity index (χ1) is 7.13. The molecule has 1 aromatic rings. The third-order valence-electron chi connectivity index (χ3n) is 2.08. The molecule has 5 heteroatoms. The molecule has 1 unspecified atom stereocenters. The van der Waals surface area contributed by atoms with Crippen LogP contribution in [0.4, 0.5) is 0 Å². The summed E-state index contributed by atoms with van der Waals surface area (Å²) in [6.07, 6.45) is 4.12. The van der Waals surface area contributed by atoms with E-state index < -0.39 is 0 Å². The lowest BCUT2D eigenvalue weighted by molar-refractivity contribution is -0.120.